The first kappa shape index (κ1) is 14.4. The quantitative estimate of drug-likeness (QED) is 0.901. The van der Waals surface area contributed by atoms with Crippen LogP contribution in [0.1, 0.15) is 11.3 Å². The van der Waals surface area contributed by atoms with Crippen LogP contribution in [0.4, 0.5) is 0 Å². The van der Waals surface area contributed by atoms with E-state index < -0.39 is 0 Å². The number of aromatic nitrogens is 1. The van der Waals surface area contributed by atoms with Crippen molar-refractivity contribution in [3.8, 4) is 5.75 Å². The van der Waals surface area contributed by atoms with Crippen LogP contribution in [0.2, 0.25) is 0 Å². The third kappa shape index (κ3) is 4.27. The summed E-state index contributed by atoms with van der Waals surface area (Å²) in [7, 11) is 0. The Kier molecular flexibility index (Phi) is 5.91. The number of thiazole rings is 1. The summed E-state index contributed by atoms with van der Waals surface area (Å²) < 4.78 is 0.968. The van der Waals surface area contributed by atoms with E-state index in [0.717, 1.165) is 22.3 Å². The SMILES string of the molecule is Cl.Oc1ccc(Br)cc1CNCc1cscn1. The fourth-order valence-corrected chi connectivity index (χ4v) is 2.31. The normalized spacial score (nSPS) is 9.94. The van der Waals surface area contributed by atoms with Crippen LogP contribution in [0.25, 0.3) is 0 Å². The van der Waals surface area contributed by atoms with Crippen molar-refractivity contribution in [2.45, 2.75) is 13.1 Å². The highest BCUT2D eigenvalue weighted by Crippen LogP contribution is 2.21. The zero-order valence-electron chi connectivity index (χ0n) is 8.89. The lowest BCUT2D eigenvalue weighted by molar-refractivity contribution is 0.464. The molecule has 2 N–H and O–H groups in total. The number of hydrogen-bond acceptors (Lipinski definition) is 4. The first-order valence-electron chi connectivity index (χ1n) is 4.81. The molecule has 1 heterocycles. The Bertz CT molecular complexity index is 464. The molecular weight excluding hydrogens is 324 g/mol. The summed E-state index contributed by atoms with van der Waals surface area (Å²) in [4.78, 5) is 4.17. The van der Waals surface area contributed by atoms with Crippen molar-refractivity contribution in [3.05, 3.63) is 44.8 Å². The van der Waals surface area contributed by atoms with Crippen molar-refractivity contribution in [3.63, 3.8) is 0 Å². The van der Waals surface area contributed by atoms with Gasteiger partial charge in [-0.05, 0) is 18.2 Å². The Hall–Kier alpha value is -0.620. The number of benzene rings is 1. The van der Waals surface area contributed by atoms with Crippen molar-refractivity contribution in [2.75, 3.05) is 0 Å². The second-order valence-electron chi connectivity index (χ2n) is 3.36. The number of aromatic hydroxyl groups is 1. The lowest BCUT2D eigenvalue weighted by Crippen LogP contribution is -2.12. The summed E-state index contributed by atoms with van der Waals surface area (Å²) in [5.74, 6) is 0.314. The summed E-state index contributed by atoms with van der Waals surface area (Å²) in [6.45, 7) is 1.35. The lowest BCUT2D eigenvalue weighted by atomic mass is 10.2. The van der Waals surface area contributed by atoms with Gasteiger partial charge in [0.1, 0.15) is 5.75 Å². The van der Waals surface area contributed by atoms with Gasteiger partial charge in [-0.3, -0.25) is 0 Å². The predicted octanol–water partition coefficient (Wildman–Crippen LogP) is 3.32. The van der Waals surface area contributed by atoms with Gasteiger partial charge in [0, 0.05) is 28.5 Å². The van der Waals surface area contributed by atoms with Crippen LogP contribution in [0.3, 0.4) is 0 Å². The second-order valence-corrected chi connectivity index (χ2v) is 4.99. The maximum Gasteiger partial charge on any atom is 0.120 e. The summed E-state index contributed by atoms with van der Waals surface area (Å²) in [5, 5.41) is 14.9. The molecule has 17 heavy (non-hydrogen) atoms. The van der Waals surface area contributed by atoms with Gasteiger partial charge in [-0.1, -0.05) is 15.9 Å². The molecule has 0 saturated heterocycles. The van der Waals surface area contributed by atoms with Crippen LogP contribution in [0.5, 0.6) is 5.75 Å². The minimum Gasteiger partial charge on any atom is -0.508 e. The molecule has 0 unspecified atom stereocenters. The van der Waals surface area contributed by atoms with E-state index in [-0.39, 0.29) is 12.4 Å². The highest BCUT2D eigenvalue weighted by molar-refractivity contribution is 9.10. The molecule has 1 aromatic heterocycles. The van der Waals surface area contributed by atoms with Gasteiger partial charge < -0.3 is 10.4 Å². The molecule has 2 rings (SSSR count). The Morgan fingerprint density at radius 2 is 2.18 bits per heavy atom. The molecule has 0 aliphatic carbocycles. The molecule has 0 amide bonds. The first-order chi connectivity index (χ1) is 7.75. The van der Waals surface area contributed by atoms with Crippen molar-refractivity contribution in [1.29, 1.82) is 0 Å². The Morgan fingerprint density at radius 1 is 1.35 bits per heavy atom. The van der Waals surface area contributed by atoms with E-state index in [1.165, 1.54) is 0 Å². The van der Waals surface area contributed by atoms with E-state index >= 15 is 0 Å². The van der Waals surface area contributed by atoms with Gasteiger partial charge in [0.15, 0.2) is 0 Å². The monoisotopic (exact) mass is 334 g/mol. The molecular formula is C11H12BrClN2OS. The summed E-state index contributed by atoms with van der Waals surface area (Å²) in [6, 6.07) is 5.41. The standard InChI is InChI=1S/C11H11BrN2OS.ClH/c12-9-1-2-11(15)8(3-9)4-13-5-10-6-16-7-14-10;/h1-3,6-7,13,15H,4-5H2;1H. The molecule has 0 spiro atoms. The van der Waals surface area contributed by atoms with Crippen LogP contribution < -0.4 is 5.32 Å². The van der Waals surface area contributed by atoms with E-state index in [0.29, 0.717) is 12.3 Å². The van der Waals surface area contributed by atoms with Gasteiger partial charge in [-0.25, -0.2) is 4.98 Å². The number of nitrogens with zero attached hydrogens (tertiary/aromatic N) is 1. The number of halogens is 2. The number of hydrogen-bond donors (Lipinski definition) is 2. The summed E-state index contributed by atoms with van der Waals surface area (Å²) in [6.07, 6.45) is 0. The van der Waals surface area contributed by atoms with E-state index in [1.807, 2.05) is 23.0 Å². The molecule has 0 fully saturated rings. The topological polar surface area (TPSA) is 45.1 Å². The van der Waals surface area contributed by atoms with Gasteiger partial charge in [0.05, 0.1) is 11.2 Å². The predicted molar refractivity (Wildman–Crippen MR) is 75.7 cm³/mol. The van der Waals surface area contributed by atoms with Crippen LogP contribution in [-0.2, 0) is 13.1 Å². The molecule has 0 bridgehead atoms. The fourth-order valence-electron chi connectivity index (χ4n) is 1.35. The van der Waals surface area contributed by atoms with Crippen molar-refractivity contribution < 1.29 is 5.11 Å². The average Bonchev–Trinajstić information content (AvgIpc) is 2.76. The van der Waals surface area contributed by atoms with Gasteiger partial charge >= 0.3 is 0 Å². The van der Waals surface area contributed by atoms with E-state index in [4.69, 9.17) is 0 Å². The van der Waals surface area contributed by atoms with Crippen LogP contribution in [0, 0.1) is 0 Å². The Balaban J connectivity index is 0.00000144. The number of phenols is 1. The summed E-state index contributed by atoms with van der Waals surface area (Å²) in [5.41, 5.74) is 3.72. The first-order valence-corrected chi connectivity index (χ1v) is 6.54. The maximum atomic E-state index is 9.62. The fraction of sp³-hybridized carbons (Fsp3) is 0.182. The van der Waals surface area contributed by atoms with Gasteiger partial charge in [-0.15, -0.1) is 23.7 Å². The smallest absolute Gasteiger partial charge is 0.120 e. The van der Waals surface area contributed by atoms with E-state index in [2.05, 4.69) is 26.2 Å². The molecule has 1 aromatic carbocycles. The molecule has 0 aliphatic heterocycles. The lowest BCUT2D eigenvalue weighted by Gasteiger charge is -2.06. The largest absolute Gasteiger partial charge is 0.508 e. The average molecular weight is 336 g/mol. The molecule has 3 nitrogen and oxygen atoms in total. The molecule has 92 valence electrons. The number of nitrogens with one attached hydrogen (secondary N) is 1. The van der Waals surface area contributed by atoms with Gasteiger partial charge in [0.25, 0.3) is 0 Å². The number of phenolic OH excluding ortho intramolecular Hbond substituents is 1. The molecule has 6 heteroatoms. The third-order valence-corrected chi connectivity index (χ3v) is 3.28. The van der Waals surface area contributed by atoms with Crippen molar-refractivity contribution in [1.82, 2.24) is 10.3 Å². The van der Waals surface area contributed by atoms with Crippen molar-refractivity contribution in [2.24, 2.45) is 0 Å². The Labute approximate surface area is 118 Å². The second kappa shape index (κ2) is 6.96. The number of rotatable bonds is 4. The van der Waals surface area contributed by atoms with Crippen LogP contribution >= 0.6 is 39.7 Å². The minimum absolute atomic E-state index is 0. The van der Waals surface area contributed by atoms with E-state index in [1.54, 1.807) is 17.4 Å². The highest BCUT2D eigenvalue weighted by Gasteiger charge is 2.01. The van der Waals surface area contributed by atoms with Crippen molar-refractivity contribution >= 4 is 39.7 Å². The molecule has 0 aliphatic rings. The van der Waals surface area contributed by atoms with Crippen LogP contribution in [-0.4, -0.2) is 10.1 Å². The molecule has 0 radical (unpaired) electrons. The minimum atomic E-state index is 0. The summed E-state index contributed by atoms with van der Waals surface area (Å²) >= 11 is 4.96. The molecule has 2 aromatic rings. The zero-order valence-corrected chi connectivity index (χ0v) is 12.1. The van der Waals surface area contributed by atoms with Gasteiger partial charge in [-0.2, -0.15) is 0 Å². The molecule has 0 atom stereocenters. The Morgan fingerprint density at radius 3 is 2.88 bits per heavy atom. The van der Waals surface area contributed by atoms with E-state index in [9.17, 15) is 5.11 Å². The van der Waals surface area contributed by atoms with Gasteiger partial charge in [0.2, 0.25) is 0 Å². The maximum absolute atomic E-state index is 9.62. The highest BCUT2D eigenvalue weighted by atomic mass is 79.9. The molecule has 0 saturated carbocycles. The zero-order chi connectivity index (χ0) is 11.4. The third-order valence-electron chi connectivity index (χ3n) is 2.15. The van der Waals surface area contributed by atoms with Crippen LogP contribution in [0.15, 0.2) is 33.6 Å².